The van der Waals surface area contributed by atoms with Crippen LogP contribution in [0.4, 0.5) is 0 Å². The van der Waals surface area contributed by atoms with Gasteiger partial charge in [0.25, 0.3) is 0 Å². The predicted molar refractivity (Wildman–Crippen MR) is 87.0 cm³/mol. The van der Waals surface area contributed by atoms with Gasteiger partial charge in [0.1, 0.15) is 17.2 Å². The molecule has 0 saturated heterocycles. The normalized spacial score (nSPS) is 25.6. The zero-order valence-electron chi connectivity index (χ0n) is 13.1. The number of ether oxygens (including phenoxy) is 1. The maximum atomic E-state index is 10.8. The maximum Gasteiger partial charge on any atom is 0.127 e. The zero-order valence-corrected chi connectivity index (χ0v) is 13.1. The van der Waals surface area contributed by atoms with Gasteiger partial charge in [-0.25, -0.2) is 0 Å². The average molecular weight is 298 g/mol. The number of fused-ring (bicyclic) bond motifs is 6. The first kappa shape index (κ1) is 13.7. The largest absolute Gasteiger partial charge is 0.507 e. The molecule has 0 spiro atoms. The van der Waals surface area contributed by atoms with E-state index in [1.54, 1.807) is 0 Å². The van der Waals surface area contributed by atoms with Gasteiger partial charge < -0.3 is 14.9 Å². The van der Waals surface area contributed by atoms with Crippen molar-refractivity contribution in [3.05, 3.63) is 29.3 Å². The van der Waals surface area contributed by atoms with E-state index in [9.17, 15) is 10.2 Å². The minimum atomic E-state index is 0.0210. The Labute approximate surface area is 130 Å². The quantitative estimate of drug-likeness (QED) is 0.815. The molecule has 4 rings (SSSR count). The molecule has 1 fully saturated rings. The van der Waals surface area contributed by atoms with Crippen LogP contribution in [0.15, 0.2) is 18.2 Å². The lowest BCUT2D eigenvalue weighted by Gasteiger charge is -2.27. The summed E-state index contributed by atoms with van der Waals surface area (Å²) in [6, 6.07) is 5.60. The summed E-state index contributed by atoms with van der Waals surface area (Å²) in [5.41, 5.74) is 1.98. The predicted octanol–water partition coefficient (Wildman–Crippen LogP) is 4.58. The molecule has 22 heavy (non-hydrogen) atoms. The van der Waals surface area contributed by atoms with E-state index in [0.29, 0.717) is 29.4 Å². The molecule has 1 saturated carbocycles. The molecule has 2 N–H and O–H groups in total. The molecule has 2 atom stereocenters. The molecule has 0 aliphatic heterocycles. The Kier molecular flexibility index (Phi) is 2.84. The fourth-order valence-electron chi connectivity index (χ4n) is 4.48. The summed E-state index contributed by atoms with van der Waals surface area (Å²) in [5.74, 6) is 1.83. The number of hydrogen-bond donors (Lipinski definition) is 2. The van der Waals surface area contributed by atoms with Gasteiger partial charge in [-0.15, -0.1) is 0 Å². The summed E-state index contributed by atoms with van der Waals surface area (Å²) in [4.78, 5) is 0. The van der Waals surface area contributed by atoms with E-state index in [4.69, 9.17) is 4.74 Å². The first-order valence-corrected chi connectivity index (χ1v) is 8.20. The highest BCUT2D eigenvalue weighted by molar-refractivity contribution is 5.97. The minimum Gasteiger partial charge on any atom is -0.507 e. The van der Waals surface area contributed by atoms with Gasteiger partial charge in [0.05, 0.1) is 6.61 Å². The van der Waals surface area contributed by atoms with E-state index < -0.39 is 0 Å². The van der Waals surface area contributed by atoms with E-state index >= 15 is 0 Å². The molecule has 2 aliphatic carbocycles. The van der Waals surface area contributed by atoms with Crippen molar-refractivity contribution >= 4 is 10.8 Å². The van der Waals surface area contributed by atoms with Crippen molar-refractivity contribution in [1.29, 1.82) is 0 Å². The molecule has 2 aliphatic rings. The third-order valence-corrected chi connectivity index (χ3v) is 5.49. The molecule has 116 valence electrons. The van der Waals surface area contributed by atoms with Crippen molar-refractivity contribution in [3.63, 3.8) is 0 Å². The van der Waals surface area contributed by atoms with Crippen LogP contribution in [0.2, 0.25) is 0 Å². The second kappa shape index (κ2) is 4.55. The van der Waals surface area contributed by atoms with Crippen molar-refractivity contribution < 1.29 is 14.9 Å². The molecule has 3 nitrogen and oxygen atoms in total. The third kappa shape index (κ3) is 1.68. The van der Waals surface area contributed by atoms with Gasteiger partial charge in [-0.2, -0.15) is 0 Å². The number of phenols is 2. The number of phenolic OH excluding ortho intramolecular Hbond substituents is 2. The van der Waals surface area contributed by atoms with Gasteiger partial charge in [0.2, 0.25) is 0 Å². The van der Waals surface area contributed by atoms with Gasteiger partial charge in [-0.05, 0) is 55.2 Å². The van der Waals surface area contributed by atoms with Crippen LogP contribution in [0, 0.1) is 0 Å². The van der Waals surface area contributed by atoms with Crippen LogP contribution in [0.5, 0.6) is 17.2 Å². The molecule has 0 aromatic heterocycles. The highest BCUT2D eigenvalue weighted by atomic mass is 16.5. The first-order chi connectivity index (χ1) is 10.5. The van der Waals surface area contributed by atoms with E-state index in [1.807, 2.05) is 18.2 Å². The van der Waals surface area contributed by atoms with E-state index in [-0.39, 0.29) is 5.41 Å². The van der Waals surface area contributed by atoms with Crippen LogP contribution in [0.25, 0.3) is 10.8 Å². The molecular weight excluding hydrogens is 276 g/mol. The maximum absolute atomic E-state index is 10.8. The molecule has 2 aromatic carbocycles. The Morgan fingerprint density at radius 2 is 2.05 bits per heavy atom. The summed E-state index contributed by atoms with van der Waals surface area (Å²) in [7, 11) is 0. The molecule has 0 amide bonds. The summed E-state index contributed by atoms with van der Waals surface area (Å²) in [6.07, 6.45) is 4.19. The molecule has 3 heteroatoms. The van der Waals surface area contributed by atoms with Gasteiger partial charge in [-0.1, -0.05) is 13.8 Å². The molecule has 2 aromatic rings. The van der Waals surface area contributed by atoms with Gasteiger partial charge >= 0.3 is 0 Å². The number of hydrogen-bond acceptors (Lipinski definition) is 3. The minimum absolute atomic E-state index is 0.0210. The Hall–Kier alpha value is -1.90. The van der Waals surface area contributed by atoms with Crippen molar-refractivity contribution in [1.82, 2.24) is 0 Å². The van der Waals surface area contributed by atoms with Crippen LogP contribution in [0.1, 0.15) is 56.6 Å². The average Bonchev–Trinajstić information content (AvgIpc) is 3.04. The Balaban J connectivity index is 1.95. The van der Waals surface area contributed by atoms with Gasteiger partial charge in [0, 0.05) is 21.9 Å². The highest BCUT2D eigenvalue weighted by Gasteiger charge is 2.49. The third-order valence-electron chi connectivity index (χ3n) is 5.49. The van der Waals surface area contributed by atoms with Crippen LogP contribution >= 0.6 is 0 Å². The lowest BCUT2D eigenvalue weighted by Crippen LogP contribution is -2.16. The number of aromatic hydroxyl groups is 2. The molecule has 2 unspecified atom stereocenters. The van der Waals surface area contributed by atoms with Crippen LogP contribution in [-0.2, 0) is 5.41 Å². The van der Waals surface area contributed by atoms with E-state index in [1.165, 1.54) is 0 Å². The lowest BCUT2D eigenvalue weighted by atomic mass is 9.79. The highest BCUT2D eigenvalue weighted by Crippen LogP contribution is 2.63. The second-order valence-electron chi connectivity index (χ2n) is 7.04. The Bertz CT molecular complexity index is 765. The molecule has 0 heterocycles. The summed E-state index contributed by atoms with van der Waals surface area (Å²) in [6.45, 7) is 4.93. The van der Waals surface area contributed by atoms with Gasteiger partial charge in [-0.3, -0.25) is 0 Å². The number of rotatable bonds is 3. The van der Waals surface area contributed by atoms with Crippen LogP contribution in [0.3, 0.4) is 0 Å². The van der Waals surface area contributed by atoms with Gasteiger partial charge in [0.15, 0.2) is 0 Å². The van der Waals surface area contributed by atoms with E-state index in [2.05, 4.69) is 13.8 Å². The van der Waals surface area contributed by atoms with Crippen molar-refractivity contribution in [2.45, 2.75) is 50.9 Å². The molecule has 0 radical (unpaired) electrons. The van der Waals surface area contributed by atoms with Crippen LogP contribution in [-0.4, -0.2) is 16.8 Å². The van der Waals surface area contributed by atoms with E-state index in [0.717, 1.165) is 47.9 Å². The van der Waals surface area contributed by atoms with Crippen molar-refractivity contribution in [2.75, 3.05) is 6.61 Å². The summed E-state index contributed by atoms with van der Waals surface area (Å²) >= 11 is 0. The number of benzene rings is 2. The Morgan fingerprint density at radius 1 is 1.23 bits per heavy atom. The first-order valence-electron chi connectivity index (χ1n) is 8.20. The molecular formula is C19H22O3. The van der Waals surface area contributed by atoms with Crippen molar-refractivity contribution in [3.8, 4) is 17.2 Å². The summed E-state index contributed by atoms with van der Waals surface area (Å²) < 4.78 is 5.67. The second-order valence-corrected chi connectivity index (χ2v) is 7.04. The topological polar surface area (TPSA) is 49.7 Å². The standard InChI is InChI=1S/C19H22O3/c1-3-8-22-12-4-5-13-14(9-12)17(20)15-11-6-7-19(2,10-11)16(15)18(13)21/h4-5,9,11,20-21H,3,6-8,10H2,1-2H3. The van der Waals surface area contributed by atoms with Crippen molar-refractivity contribution in [2.24, 2.45) is 0 Å². The fourth-order valence-corrected chi connectivity index (χ4v) is 4.48. The smallest absolute Gasteiger partial charge is 0.127 e. The SMILES string of the molecule is CCCOc1ccc2c(O)c3c(c(O)c2c1)C1CCC3(C)C1. The monoisotopic (exact) mass is 298 g/mol. The fraction of sp³-hybridized carbons (Fsp3) is 0.474. The summed E-state index contributed by atoms with van der Waals surface area (Å²) in [5, 5.41) is 23.1. The van der Waals surface area contributed by atoms with Crippen LogP contribution < -0.4 is 4.74 Å². The Morgan fingerprint density at radius 3 is 2.82 bits per heavy atom. The molecule has 2 bridgehead atoms. The lowest BCUT2D eigenvalue weighted by molar-refractivity contribution is 0.317. The zero-order chi connectivity index (χ0) is 15.5.